The molecule has 0 fully saturated rings. The molecule has 382 valence electrons. The van der Waals surface area contributed by atoms with Gasteiger partial charge in [-0.1, -0.05) is 72.8 Å². The van der Waals surface area contributed by atoms with E-state index in [1.807, 2.05) is 231 Å². The quantitative estimate of drug-likeness (QED) is 0.188. The monoisotopic (exact) mass is 1660 g/mol. The first kappa shape index (κ1) is 65.6. The second kappa shape index (κ2) is 44.4. The SMILES string of the molecule is Nc1cccc(-c2ccc3cccc(-n4c5ccccc5c5ccccc54)c3c2)c1.S=S=S=S=S=S=S=S=S=S=S=S=S=S=S=S=S=S=S=S=S=S=S=S=S=S=S=S=S=S=S=S=S=S=S=S=S=S=S=S. The van der Waals surface area contributed by atoms with Gasteiger partial charge in [-0.25, -0.2) is 0 Å². The minimum atomic E-state index is 0.781. The maximum absolute atomic E-state index is 6.04. The molecule has 70 heavy (non-hydrogen) atoms. The van der Waals surface area contributed by atoms with E-state index in [1.165, 1.54) is 61.6 Å². The van der Waals surface area contributed by atoms with Crippen molar-refractivity contribution in [1.82, 2.24) is 4.57 Å². The lowest BCUT2D eigenvalue weighted by molar-refractivity contribution is 1.20. The second-order valence-corrected chi connectivity index (χ2v) is 77.5. The third-order valence-electron chi connectivity index (χ3n) is 6.93. The molecule has 0 aliphatic carbocycles. The molecule has 5 aromatic carbocycles. The van der Waals surface area contributed by atoms with Crippen LogP contribution in [0, 0.1) is 0 Å². The van der Waals surface area contributed by atoms with E-state index in [0.29, 0.717) is 0 Å². The van der Waals surface area contributed by atoms with Gasteiger partial charge in [0, 0.05) is 382 Å². The maximum Gasteiger partial charge on any atom is 0.0541 e. The largest absolute Gasteiger partial charge is 0.399 e. The summed E-state index contributed by atoms with van der Waals surface area (Å²) in [4.78, 5) is 0. The van der Waals surface area contributed by atoms with Crippen LogP contribution in [0.5, 0.6) is 0 Å². The fraction of sp³-hybridized carbons (Fsp3) is 0. The van der Waals surface area contributed by atoms with Crippen molar-refractivity contribution in [1.29, 1.82) is 0 Å². The van der Waals surface area contributed by atoms with E-state index in [4.69, 9.17) is 28.1 Å². The van der Waals surface area contributed by atoms with Crippen LogP contribution in [0.3, 0.4) is 0 Å². The predicted molar refractivity (Wildman–Crippen MR) is 423 cm³/mol. The van der Waals surface area contributed by atoms with Gasteiger partial charge in [0.2, 0.25) is 0 Å². The lowest BCUT2D eigenvalue weighted by Gasteiger charge is -2.13. The number of hydrogen-bond donors (Lipinski definition) is 1. The molecule has 0 spiro atoms. The van der Waals surface area contributed by atoms with E-state index in [2.05, 4.69) is 95.6 Å². The molecular weight excluding hydrogens is 1650 g/mol. The van der Waals surface area contributed by atoms with Crippen LogP contribution < -0.4 is 5.73 Å². The molecule has 2 nitrogen and oxygen atoms in total. The van der Waals surface area contributed by atoms with Crippen LogP contribution in [-0.4, -0.2) is 4.57 Å². The summed E-state index contributed by atoms with van der Waals surface area (Å²) in [6, 6.07) is 38.5. The summed E-state index contributed by atoms with van der Waals surface area (Å²) >= 11 is 9.61. The van der Waals surface area contributed by atoms with E-state index in [-0.39, 0.29) is 0 Å². The number of anilines is 1. The van der Waals surface area contributed by atoms with Gasteiger partial charge in [0.1, 0.15) is 0 Å². The average molecular weight is 1670 g/mol. The Morgan fingerprint density at radius 3 is 0.971 bits per heavy atom. The Hall–Kier alpha value is 4.76. The summed E-state index contributed by atoms with van der Waals surface area (Å²) in [7, 11) is 67.4. The fourth-order valence-electron chi connectivity index (χ4n) is 4.94. The van der Waals surface area contributed by atoms with Gasteiger partial charge in [-0.3, -0.25) is 0 Å². The summed E-state index contributed by atoms with van der Waals surface area (Å²) in [6.07, 6.45) is 0. The van der Waals surface area contributed by atoms with Gasteiger partial charge in [0.25, 0.3) is 0 Å². The number of nitrogen functional groups attached to an aromatic ring is 1. The van der Waals surface area contributed by atoms with Crippen LogP contribution in [0.1, 0.15) is 0 Å². The normalized spacial score (nSPS) is 9.31. The van der Waals surface area contributed by atoms with Crippen molar-refractivity contribution < 1.29 is 0 Å². The number of hydrogen-bond acceptors (Lipinski definition) is 3. The van der Waals surface area contributed by atoms with Gasteiger partial charge < -0.3 is 10.3 Å². The molecule has 6 aromatic rings. The van der Waals surface area contributed by atoms with Crippen LogP contribution >= 0.6 is 0 Å². The smallest absolute Gasteiger partial charge is 0.0541 e. The fourth-order valence-corrected chi connectivity index (χ4v) is 104. The van der Waals surface area contributed by atoms with Crippen molar-refractivity contribution in [2.45, 2.75) is 0 Å². The highest BCUT2D eigenvalue weighted by molar-refractivity contribution is 8.81. The van der Waals surface area contributed by atoms with Crippen molar-refractivity contribution in [2.24, 2.45) is 0 Å². The van der Waals surface area contributed by atoms with Crippen LogP contribution in [0.2, 0.25) is 0 Å². The van der Waals surface area contributed by atoms with E-state index >= 15 is 0 Å². The zero-order valence-corrected chi connectivity index (χ0v) is 65.4. The summed E-state index contributed by atoms with van der Waals surface area (Å²) in [5.41, 5.74) is 12.8. The van der Waals surface area contributed by atoms with Gasteiger partial charge in [-0.2, -0.15) is 0 Å². The Morgan fingerprint density at radius 1 is 0.286 bits per heavy atom. The van der Waals surface area contributed by atoms with Crippen molar-refractivity contribution >= 4 is 398 Å². The Labute approximate surface area is 522 Å². The molecule has 0 bridgehead atoms. The van der Waals surface area contributed by atoms with Crippen LogP contribution in [0.15, 0.2) is 109 Å². The molecule has 0 unspecified atom stereocenters. The highest BCUT2D eigenvalue weighted by Gasteiger charge is 2.14. The lowest BCUT2D eigenvalue weighted by atomic mass is 10.00. The number of para-hydroxylation sites is 2. The number of nitrogens with two attached hydrogens (primary N) is 1. The topological polar surface area (TPSA) is 30.9 Å². The first-order chi connectivity index (χ1) is 34.7. The van der Waals surface area contributed by atoms with Crippen molar-refractivity contribution in [3.05, 3.63) is 109 Å². The molecular formula is C28H20N2S40. The zero-order chi connectivity index (χ0) is 48.9. The van der Waals surface area contributed by atoms with Gasteiger partial charge in [-0.15, -0.1) is 0 Å². The molecule has 0 saturated heterocycles. The number of benzene rings is 5. The van der Waals surface area contributed by atoms with Gasteiger partial charge in [0.15, 0.2) is 0 Å². The Morgan fingerprint density at radius 2 is 0.614 bits per heavy atom. The molecule has 6 rings (SSSR count). The van der Waals surface area contributed by atoms with Gasteiger partial charge in [-0.05, 0) is 52.9 Å². The molecule has 42 heteroatoms. The highest BCUT2D eigenvalue weighted by atomic mass is 33.5. The summed E-state index contributed by atoms with van der Waals surface area (Å²) < 4.78 is 2.39. The number of aromatic nitrogens is 1. The highest BCUT2D eigenvalue weighted by Crippen LogP contribution is 2.36. The van der Waals surface area contributed by atoms with Crippen molar-refractivity contribution in [3.63, 3.8) is 0 Å². The second-order valence-electron chi connectivity index (χ2n) is 10.3. The number of rotatable bonds is 2. The summed E-state index contributed by atoms with van der Waals surface area (Å²) in [6.45, 7) is 0. The molecule has 0 aliphatic rings. The molecule has 0 aliphatic heterocycles. The molecule has 1 aromatic heterocycles. The van der Waals surface area contributed by atoms with Crippen LogP contribution in [0.4, 0.5) is 5.69 Å². The molecule has 2 N–H and O–H groups in total. The first-order valence-corrected chi connectivity index (χ1v) is 68.7. The first-order valence-electron chi connectivity index (χ1n) is 16.7. The maximum atomic E-state index is 6.04. The van der Waals surface area contributed by atoms with Gasteiger partial charge >= 0.3 is 0 Å². The third-order valence-corrected chi connectivity index (χ3v) is 89.2. The summed E-state index contributed by atoms with van der Waals surface area (Å²) in [5, 5.41) is 5.00. The zero-order valence-electron chi connectivity index (χ0n) is 32.7. The standard InChI is InChI=1S/C28H20N2.S40/c29-22-9-5-8-20(17-22)21-16-15-19-7-6-14-28(25(19)18-21)30-26-12-3-1-10-23(26)24-11-2-4-13-27(24)30;1-3-5-7-9-11-13-15-17-19-21-23-25-27-29-31-33-35-37-39-40-38-36-34-32-30-28-26-24-22-20-18-16-14-12-10-8-6-4-2/h1-18H,29H2;. The van der Waals surface area contributed by atoms with Crippen molar-refractivity contribution in [2.75, 3.05) is 5.73 Å². The average Bonchev–Trinajstić information content (AvgIpc) is 3.72. The molecule has 0 atom stereocenters. The van der Waals surface area contributed by atoms with Crippen LogP contribution in [-0.2, 0) is 360 Å². The predicted octanol–water partition coefficient (Wildman–Crippen LogP) is 7.09. The van der Waals surface area contributed by atoms with Crippen LogP contribution in [0.25, 0.3) is 49.4 Å². The Balaban J connectivity index is 0.000000268. The Kier molecular flexibility index (Phi) is 41.6. The van der Waals surface area contributed by atoms with E-state index in [0.717, 1.165) is 11.3 Å². The Bertz CT molecular complexity index is 4570. The lowest BCUT2D eigenvalue weighted by Crippen LogP contribution is -1.95. The molecule has 0 saturated carbocycles. The van der Waals surface area contributed by atoms with Gasteiger partial charge in [0.05, 0.1) is 16.7 Å². The molecule has 0 radical (unpaired) electrons. The summed E-state index contributed by atoms with van der Waals surface area (Å²) in [5.74, 6) is 0. The number of nitrogens with zero attached hydrogens (tertiary/aromatic N) is 1. The van der Waals surface area contributed by atoms with E-state index in [9.17, 15) is 0 Å². The molecule has 1 heterocycles. The minimum Gasteiger partial charge on any atom is -0.399 e. The van der Waals surface area contributed by atoms with Crippen molar-refractivity contribution in [3.8, 4) is 16.8 Å². The van der Waals surface area contributed by atoms with E-state index < -0.39 is 0 Å². The number of fused-ring (bicyclic) bond motifs is 4. The third kappa shape index (κ3) is 27.5. The minimum absolute atomic E-state index is 0.781. The van der Waals surface area contributed by atoms with E-state index in [1.54, 1.807) is 107 Å². The molecule has 0 amide bonds.